The summed E-state index contributed by atoms with van der Waals surface area (Å²) in [6, 6.07) is 16.7. The quantitative estimate of drug-likeness (QED) is 0.930. The second-order valence-corrected chi connectivity index (χ2v) is 7.14. The van der Waals surface area contributed by atoms with Gasteiger partial charge in [0.05, 0.1) is 6.10 Å². The fraction of sp³-hybridized carbons (Fsp3) is 0.429. The summed E-state index contributed by atoms with van der Waals surface area (Å²) in [7, 11) is 0. The van der Waals surface area contributed by atoms with Crippen molar-refractivity contribution in [3.8, 4) is 5.75 Å². The smallest absolute Gasteiger partial charge is 0.123 e. The van der Waals surface area contributed by atoms with Gasteiger partial charge in [0, 0.05) is 44.8 Å². The highest BCUT2D eigenvalue weighted by atomic mass is 16.5. The van der Waals surface area contributed by atoms with Crippen molar-refractivity contribution in [2.45, 2.75) is 25.6 Å². The Morgan fingerprint density at radius 3 is 2.60 bits per heavy atom. The molecule has 0 aliphatic carbocycles. The van der Waals surface area contributed by atoms with E-state index in [0.717, 1.165) is 43.9 Å². The molecule has 0 spiro atoms. The molecule has 2 aromatic rings. The predicted molar refractivity (Wildman–Crippen MR) is 100 cm³/mol. The van der Waals surface area contributed by atoms with Crippen LogP contribution in [-0.4, -0.2) is 48.8 Å². The summed E-state index contributed by atoms with van der Waals surface area (Å²) in [5.41, 5.74) is 3.51. The van der Waals surface area contributed by atoms with Gasteiger partial charge in [0.15, 0.2) is 0 Å². The van der Waals surface area contributed by atoms with E-state index in [0.29, 0.717) is 6.54 Å². The Morgan fingerprint density at radius 2 is 1.84 bits per heavy atom. The van der Waals surface area contributed by atoms with Crippen LogP contribution in [0.1, 0.15) is 24.2 Å². The van der Waals surface area contributed by atoms with E-state index >= 15 is 0 Å². The second-order valence-electron chi connectivity index (χ2n) is 7.14. The SMILES string of the molecule is C[C@@H]1Cc2cc([C@H](O)CN3CCN(c4ccccc4)CC3)ccc2O1. The van der Waals surface area contributed by atoms with Crippen LogP contribution in [0.3, 0.4) is 0 Å². The molecule has 1 saturated heterocycles. The molecule has 0 saturated carbocycles. The Balaban J connectivity index is 1.33. The summed E-state index contributed by atoms with van der Waals surface area (Å²) in [6.07, 6.45) is 0.740. The van der Waals surface area contributed by atoms with Crippen LogP contribution in [0.15, 0.2) is 48.5 Å². The first-order chi connectivity index (χ1) is 12.2. The first-order valence-electron chi connectivity index (χ1n) is 9.19. The van der Waals surface area contributed by atoms with Gasteiger partial charge < -0.3 is 14.7 Å². The normalized spacial score (nSPS) is 21.7. The maximum Gasteiger partial charge on any atom is 0.123 e. The maximum atomic E-state index is 10.7. The molecular weight excluding hydrogens is 312 g/mol. The minimum absolute atomic E-state index is 0.244. The minimum atomic E-state index is -0.440. The number of para-hydroxylation sites is 1. The van der Waals surface area contributed by atoms with Crippen LogP contribution < -0.4 is 9.64 Å². The van der Waals surface area contributed by atoms with Crippen LogP contribution in [0, 0.1) is 0 Å². The van der Waals surface area contributed by atoms with Crippen molar-refractivity contribution in [1.29, 1.82) is 0 Å². The molecule has 4 heteroatoms. The van der Waals surface area contributed by atoms with E-state index in [1.54, 1.807) is 0 Å². The van der Waals surface area contributed by atoms with Gasteiger partial charge in [-0.3, -0.25) is 4.90 Å². The van der Waals surface area contributed by atoms with Crippen LogP contribution in [-0.2, 0) is 6.42 Å². The molecule has 0 radical (unpaired) electrons. The minimum Gasteiger partial charge on any atom is -0.490 e. The number of aliphatic hydroxyl groups excluding tert-OH is 1. The van der Waals surface area contributed by atoms with E-state index in [9.17, 15) is 5.11 Å². The highest BCUT2D eigenvalue weighted by molar-refractivity contribution is 5.46. The van der Waals surface area contributed by atoms with Crippen LogP contribution in [0.5, 0.6) is 5.75 Å². The lowest BCUT2D eigenvalue weighted by molar-refractivity contribution is 0.109. The van der Waals surface area contributed by atoms with Gasteiger partial charge in [-0.15, -0.1) is 0 Å². The van der Waals surface area contributed by atoms with Crippen molar-refractivity contribution >= 4 is 5.69 Å². The van der Waals surface area contributed by atoms with Crippen LogP contribution in [0.4, 0.5) is 5.69 Å². The zero-order chi connectivity index (χ0) is 17.2. The molecule has 1 fully saturated rings. The number of nitrogens with zero attached hydrogens (tertiary/aromatic N) is 2. The summed E-state index contributed by atoms with van der Waals surface area (Å²) in [4.78, 5) is 4.77. The number of hydrogen-bond acceptors (Lipinski definition) is 4. The highest BCUT2D eigenvalue weighted by Gasteiger charge is 2.23. The number of ether oxygens (including phenoxy) is 1. The Kier molecular flexibility index (Phi) is 4.64. The lowest BCUT2D eigenvalue weighted by atomic mass is 10.0. The molecule has 132 valence electrons. The third kappa shape index (κ3) is 3.65. The molecule has 0 unspecified atom stereocenters. The number of β-amino-alcohol motifs (C(OH)–C–C–N with tert-alkyl or cyclic N) is 1. The molecule has 0 amide bonds. The molecule has 2 aliphatic heterocycles. The average Bonchev–Trinajstić information content (AvgIpc) is 3.02. The molecule has 1 N–H and O–H groups in total. The van der Waals surface area contributed by atoms with Crippen LogP contribution in [0.2, 0.25) is 0 Å². The molecule has 2 aliphatic rings. The lowest BCUT2D eigenvalue weighted by Gasteiger charge is -2.37. The third-order valence-corrected chi connectivity index (χ3v) is 5.23. The van der Waals surface area contributed by atoms with E-state index in [-0.39, 0.29) is 6.10 Å². The first-order valence-corrected chi connectivity index (χ1v) is 9.19. The number of anilines is 1. The van der Waals surface area contributed by atoms with Crippen molar-refractivity contribution < 1.29 is 9.84 Å². The Morgan fingerprint density at radius 1 is 1.08 bits per heavy atom. The molecule has 2 atom stereocenters. The maximum absolute atomic E-state index is 10.7. The zero-order valence-corrected chi connectivity index (χ0v) is 14.8. The first kappa shape index (κ1) is 16.4. The largest absolute Gasteiger partial charge is 0.490 e. The third-order valence-electron chi connectivity index (χ3n) is 5.23. The summed E-state index contributed by atoms with van der Waals surface area (Å²) in [6.45, 7) is 6.76. The number of fused-ring (bicyclic) bond motifs is 1. The highest BCUT2D eigenvalue weighted by Crippen LogP contribution is 2.31. The zero-order valence-electron chi connectivity index (χ0n) is 14.8. The molecule has 25 heavy (non-hydrogen) atoms. The molecule has 2 aromatic carbocycles. The van der Waals surface area contributed by atoms with Gasteiger partial charge in [-0.25, -0.2) is 0 Å². The van der Waals surface area contributed by atoms with Gasteiger partial charge in [0.2, 0.25) is 0 Å². The van der Waals surface area contributed by atoms with Gasteiger partial charge in [-0.2, -0.15) is 0 Å². The standard InChI is InChI=1S/C21H26N2O2/c1-16-13-18-14-17(7-8-21(18)25-16)20(24)15-22-9-11-23(12-10-22)19-5-3-2-4-6-19/h2-8,14,16,20,24H,9-13,15H2,1H3/t16-,20-/m1/s1. The molecule has 0 bridgehead atoms. The fourth-order valence-electron chi connectivity index (χ4n) is 3.83. The number of rotatable bonds is 4. The van der Waals surface area contributed by atoms with Crippen LogP contribution in [0.25, 0.3) is 0 Å². The topological polar surface area (TPSA) is 35.9 Å². The Bertz CT molecular complexity index is 711. The van der Waals surface area contributed by atoms with Gasteiger partial charge in [-0.1, -0.05) is 24.3 Å². The van der Waals surface area contributed by atoms with E-state index < -0.39 is 6.10 Å². The van der Waals surface area contributed by atoms with Gasteiger partial charge in [0.25, 0.3) is 0 Å². The summed E-state index contributed by atoms with van der Waals surface area (Å²) in [5, 5.41) is 10.7. The van der Waals surface area contributed by atoms with E-state index in [1.807, 2.05) is 12.1 Å². The van der Waals surface area contributed by atoms with E-state index in [4.69, 9.17) is 4.74 Å². The van der Waals surface area contributed by atoms with Crippen LogP contribution >= 0.6 is 0 Å². The van der Waals surface area contributed by atoms with Crippen molar-refractivity contribution in [2.24, 2.45) is 0 Å². The fourth-order valence-corrected chi connectivity index (χ4v) is 3.83. The number of piperazine rings is 1. The monoisotopic (exact) mass is 338 g/mol. The number of benzene rings is 2. The van der Waals surface area contributed by atoms with Gasteiger partial charge >= 0.3 is 0 Å². The second kappa shape index (κ2) is 7.06. The molecular formula is C21H26N2O2. The number of aliphatic hydroxyl groups is 1. The van der Waals surface area contributed by atoms with Crippen molar-refractivity contribution in [1.82, 2.24) is 4.90 Å². The molecule has 4 nitrogen and oxygen atoms in total. The molecule has 2 heterocycles. The van der Waals surface area contributed by atoms with E-state index in [1.165, 1.54) is 11.3 Å². The van der Waals surface area contributed by atoms with Crippen molar-refractivity contribution in [2.75, 3.05) is 37.6 Å². The van der Waals surface area contributed by atoms with E-state index in [2.05, 4.69) is 53.1 Å². The lowest BCUT2D eigenvalue weighted by Crippen LogP contribution is -2.47. The van der Waals surface area contributed by atoms with Gasteiger partial charge in [-0.05, 0) is 42.3 Å². The average molecular weight is 338 g/mol. The summed E-state index contributed by atoms with van der Waals surface area (Å²) < 4.78 is 5.75. The summed E-state index contributed by atoms with van der Waals surface area (Å²) >= 11 is 0. The summed E-state index contributed by atoms with van der Waals surface area (Å²) in [5.74, 6) is 0.972. The molecule has 0 aromatic heterocycles. The predicted octanol–water partition coefficient (Wildman–Crippen LogP) is 2.87. The van der Waals surface area contributed by atoms with Crippen molar-refractivity contribution in [3.05, 3.63) is 59.7 Å². The van der Waals surface area contributed by atoms with Gasteiger partial charge in [0.1, 0.15) is 11.9 Å². The number of hydrogen-bond donors (Lipinski definition) is 1. The Hall–Kier alpha value is -2.04. The Labute approximate surface area is 149 Å². The van der Waals surface area contributed by atoms with Crippen molar-refractivity contribution in [3.63, 3.8) is 0 Å². The molecule has 4 rings (SSSR count).